The molecule has 280 valence electrons. The molecule has 1 amide bonds. The molecule has 6 heterocycles. The number of ether oxygens (including phenoxy) is 1. The number of β-amino-alcohol motifs (C(OH)–C–C–N with tert-alkyl or cyclic N) is 1. The Morgan fingerprint density at radius 1 is 0.963 bits per heavy atom. The number of aromatic nitrogens is 4. The number of piperidine rings is 1. The van der Waals surface area contributed by atoms with Crippen LogP contribution in [0, 0.1) is 12.8 Å². The SMILES string of the molecule is COC(=O)C1CCN(C2CCCn3nc(C(=O)Nc4cccc(-c5cccc(Nc6nccc7cc(CN8CC[C@H](O)C8)cnc67)c5Cl)c4C)cc32)CC1. The van der Waals surface area contributed by atoms with Crippen LogP contribution in [0.2, 0.25) is 5.02 Å². The molecule has 5 aromatic rings. The van der Waals surface area contributed by atoms with Gasteiger partial charge in [0.05, 0.1) is 41.6 Å². The number of pyridine rings is 2. The first kappa shape index (κ1) is 36.1. The summed E-state index contributed by atoms with van der Waals surface area (Å²) in [6.07, 6.45) is 7.68. The molecule has 54 heavy (non-hydrogen) atoms. The van der Waals surface area contributed by atoms with E-state index in [1.54, 1.807) is 6.20 Å². The third-order valence-electron chi connectivity index (χ3n) is 11.2. The van der Waals surface area contributed by atoms with Gasteiger partial charge in [-0.15, -0.1) is 0 Å². The molecule has 2 saturated heterocycles. The second-order valence-corrected chi connectivity index (χ2v) is 15.0. The van der Waals surface area contributed by atoms with Gasteiger partial charge in [0.2, 0.25) is 0 Å². The Bertz CT molecular complexity index is 2200. The van der Waals surface area contributed by atoms with Crippen molar-refractivity contribution in [2.24, 2.45) is 5.92 Å². The number of nitrogens with one attached hydrogen (secondary N) is 2. The number of anilines is 3. The number of halogens is 1. The van der Waals surface area contributed by atoms with Crippen molar-refractivity contribution in [3.05, 3.63) is 94.5 Å². The highest BCUT2D eigenvalue weighted by Gasteiger charge is 2.34. The Balaban J connectivity index is 0.982. The average Bonchev–Trinajstić information content (AvgIpc) is 3.82. The van der Waals surface area contributed by atoms with Crippen LogP contribution in [0.4, 0.5) is 17.2 Å². The number of benzene rings is 2. The van der Waals surface area contributed by atoms with Crippen LogP contribution in [0.5, 0.6) is 0 Å². The molecule has 12 nitrogen and oxygen atoms in total. The standard InChI is InChI=1S/C41H45ClN8O4/c1-25-30(31-7-4-9-33(37(31)42)45-39-38-28(11-15-43-39)20-26(22-44-38)23-48-17-14-29(51)24-48)6-3-8-32(25)46-40(52)34-21-36-35(10-5-16-50(36)47-34)49-18-12-27(13-19-49)41(53)54-2/h3-4,6-9,11,15,20-22,27,29,35,51H,5,10,12-14,16-19,23-24H2,1-2H3,(H,43,45)(H,46,52)/t29-,35?/m0/s1. The van der Waals surface area contributed by atoms with Crippen LogP contribution in [-0.4, -0.2) is 85.9 Å². The topological polar surface area (TPSA) is 138 Å². The van der Waals surface area contributed by atoms with Gasteiger partial charge in [0.25, 0.3) is 5.91 Å². The van der Waals surface area contributed by atoms with Crippen LogP contribution >= 0.6 is 11.6 Å². The highest BCUT2D eigenvalue weighted by atomic mass is 35.5. The predicted molar refractivity (Wildman–Crippen MR) is 209 cm³/mol. The summed E-state index contributed by atoms with van der Waals surface area (Å²) < 4.78 is 6.94. The molecule has 3 aliphatic heterocycles. The maximum Gasteiger partial charge on any atom is 0.308 e. The number of hydrogen-bond acceptors (Lipinski definition) is 10. The maximum atomic E-state index is 13.7. The van der Waals surface area contributed by atoms with E-state index in [1.807, 2.05) is 66.3 Å². The molecule has 2 aromatic carbocycles. The lowest BCUT2D eigenvalue weighted by atomic mass is 9.93. The van der Waals surface area contributed by atoms with Crippen LogP contribution in [0.1, 0.15) is 65.5 Å². The lowest BCUT2D eigenvalue weighted by Gasteiger charge is -2.38. The second-order valence-electron chi connectivity index (χ2n) is 14.6. The second kappa shape index (κ2) is 15.5. The van der Waals surface area contributed by atoms with Gasteiger partial charge < -0.3 is 20.5 Å². The molecule has 0 saturated carbocycles. The fraction of sp³-hybridized carbons (Fsp3) is 0.390. The van der Waals surface area contributed by atoms with Crippen molar-refractivity contribution in [2.45, 2.75) is 64.3 Å². The molecule has 2 fully saturated rings. The van der Waals surface area contributed by atoms with Crippen molar-refractivity contribution >= 4 is 51.6 Å². The van der Waals surface area contributed by atoms with Crippen molar-refractivity contribution in [2.75, 3.05) is 43.9 Å². The van der Waals surface area contributed by atoms with E-state index in [4.69, 9.17) is 26.4 Å². The largest absolute Gasteiger partial charge is 0.469 e. The minimum atomic E-state index is -0.266. The lowest BCUT2D eigenvalue weighted by Crippen LogP contribution is -2.40. The lowest BCUT2D eigenvalue weighted by molar-refractivity contribution is -0.147. The van der Waals surface area contributed by atoms with E-state index in [1.165, 1.54) is 7.11 Å². The Hall–Kier alpha value is -4.88. The summed E-state index contributed by atoms with van der Waals surface area (Å²) in [7, 11) is 1.45. The molecule has 1 unspecified atom stereocenters. The Morgan fingerprint density at radius 2 is 1.76 bits per heavy atom. The number of carbonyl (C=O) groups excluding carboxylic acids is 2. The first-order chi connectivity index (χ1) is 26.2. The summed E-state index contributed by atoms with van der Waals surface area (Å²) in [5, 5.41) is 22.7. The zero-order valence-corrected chi connectivity index (χ0v) is 31.4. The van der Waals surface area contributed by atoms with Crippen LogP contribution < -0.4 is 10.6 Å². The summed E-state index contributed by atoms with van der Waals surface area (Å²) in [5.74, 6) is 0.152. The molecular weight excluding hydrogens is 704 g/mol. The fourth-order valence-electron chi connectivity index (χ4n) is 8.27. The molecule has 13 heteroatoms. The normalized spacial score (nSPS) is 19.5. The van der Waals surface area contributed by atoms with E-state index in [-0.39, 0.29) is 29.9 Å². The van der Waals surface area contributed by atoms with Crippen LogP contribution in [0.3, 0.4) is 0 Å². The Morgan fingerprint density at radius 3 is 2.54 bits per heavy atom. The van der Waals surface area contributed by atoms with Gasteiger partial charge in [-0.25, -0.2) is 4.98 Å². The maximum absolute atomic E-state index is 13.7. The molecule has 0 aliphatic carbocycles. The van der Waals surface area contributed by atoms with Gasteiger partial charge in [0.1, 0.15) is 5.52 Å². The van der Waals surface area contributed by atoms with E-state index in [0.29, 0.717) is 34.5 Å². The van der Waals surface area contributed by atoms with Gasteiger partial charge in [-0.1, -0.05) is 35.9 Å². The number of aryl methyl sites for hydroxylation is 1. The molecule has 0 spiro atoms. The van der Waals surface area contributed by atoms with Gasteiger partial charge in [0.15, 0.2) is 11.5 Å². The molecule has 0 bridgehead atoms. The summed E-state index contributed by atoms with van der Waals surface area (Å²) in [6, 6.07) is 17.8. The number of fused-ring (bicyclic) bond motifs is 2. The number of likely N-dealkylation sites (tertiary alicyclic amines) is 2. The van der Waals surface area contributed by atoms with E-state index in [2.05, 4.69) is 31.5 Å². The molecule has 0 radical (unpaired) electrons. The summed E-state index contributed by atoms with van der Waals surface area (Å²) in [6.45, 7) is 6.66. The number of esters is 1. The Kier molecular flexibility index (Phi) is 10.3. The van der Waals surface area contributed by atoms with Crippen molar-refractivity contribution in [3.8, 4) is 11.1 Å². The van der Waals surface area contributed by atoms with E-state index < -0.39 is 0 Å². The molecular formula is C41H45ClN8O4. The molecule has 8 rings (SSSR count). The fourth-order valence-corrected chi connectivity index (χ4v) is 8.54. The van der Waals surface area contributed by atoms with E-state index in [0.717, 1.165) is 104 Å². The molecule has 3 aromatic heterocycles. The number of methoxy groups -OCH3 is 1. The van der Waals surface area contributed by atoms with Crippen molar-refractivity contribution in [1.29, 1.82) is 0 Å². The van der Waals surface area contributed by atoms with Crippen LogP contribution in [0.25, 0.3) is 22.0 Å². The quantitative estimate of drug-likeness (QED) is 0.139. The third kappa shape index (κ3) is 7.31. The monoisotopic (exact) mass is 748 g/mol. The Labute approximate surface area is 319 Å². The van der Waals surface area contributed by atoms with Gasteiger partial charge >= 0.3 is 5.97 Å². The van der Waals surface area contributed by atoms with E-state index >= 15 is 0 Å². The highest BCUT2D eigenvalue weighted by molar-refractivity contribution is 6.36. The molecule has 3 aliphatic rings. The number of aliphatic hydroxyl groups is 1. The number of nitrogens with zero attached hydrogens (tertiary/aromatic N) is 6. The summed E-state index contributed by atoms with van der Waals surface area (Å²) in [5.41, 5.74) is 7.20. The highest BCUT2D eigenvalue weighted by Crippen LogP contribution is 2.39. The van der Waals surface area contributed by atoms with Crippen molar-refractivity contribution in [1.82, 2.24) is 29.5 Å². The summed E-state index contributed by atoms with van der Waals surface area (Å²) >= 11 is 7.11. The van der Waals surface area contributed by atoms with Crippen molar-refractivity contribution in [3.63, 3.8) is 0 Å². The minimum absolute atomic E-state index is 0.0522. The minimum Gasteiger partial charge on any atom is -0.469 e. The molecule has 2 atom stereocenters. The predicted octanol–water partition coefficient (Wildman–Crippen LogP) is 6.74. The number of aliphatic hydroxyl groups excluding tert-OH is 1. The number of carbonyl (C=O) groups is 2. The van der Waals surface area contributed by atoms with Gasteiger partial charge in [-0.05, 0) is 99.1 Å². The van der Waals surface area contributed by atoms with Gasteiger partial charge in [0, 0.05) is 55.2 Å². The zero-order valence-electron chi connectivity index (χ0n) is 30.6. The van der Waals surface area contributed by atoms with Crippen LogP contribution in [-0.2, 0) is 22.6 Å². The average molecular weight is 749 g/mol. The third-order valence-corrected chi connectivity index (χ3v) is 11.6. The number of hydrogen-bond donors (Lipinski definition) is 3. The van der Waals surface area contributed by atoms with Gasteiger partial charge in [-0.2, -0.15) is 5.10 Å². The van der Waals surface area contributed by atoms with E-state index in [9.17, 15) is 14.7 Å². The van der Waals surface area contributed by atoms with Gasteiger partial charge in [-0.3, -0.25) is 29.1 Å². The number of rotatable bonds is 9. The summed E-state index contributed by atoms with van der Waals surface area (Å²) in [4.78, 5) is 39.8. The zero-order chi connectivity index (χ0) is 37.3. The number of amides is 1. The first-order valence-electron chi connectivity index (χ1n) is 18.8. The smallest absolute Gasteiger partial charge is 0.308 e. The molecule has 3 N–H and O–H groups in total. The first-order valence-corrected chi connectivity index (χ1v) is 19.1. The van der Waals surface area contributed by atoms with Crippen LogP contribution in [0.15, 0.2) is 67.0 Å². The van der Waals surface area contributed by atoms with Crippen molar-refractivity contribution < 1.29 is 19.4 Å².